The minimum Gasteiger partial charge on any atom is -0.497 e. The molecule has 158 valence electrons. The molecule has 0 spiro atoms. The highest BCUT2D eigenvalue weighted by Crippen LogP contribution is 2.23. The van der Waals surface area contributed by atoms with E-state index in [1.165, 1.54) is 22.5 Å². The number of amides is 1. The summed E-state index contributed by atoms with van der Waals surface area (Å²) in [5.74, 6) is 0.478. The summed E-state index contributed by atoms with van der Waals surface area (Å²) in [4.78, 5) is 12.3. The van der Waals surface area contributed by atoms with Gasteiger partial charge in [0.05, 0.1) is 25.1 Å². The summed E-state index contributed by atoms with van der Waals surface area (Å²) in [6.07, 6.45) is 1.81. The maximum atomic E-state index is 12.3. The lowest BCUT2D eigenvalue weighted by Crippen LogP contribution is -2.32. The van der Waals surface area contributed by atoms with Gasteiger partial charge < -0.3 is 10.1 Å². The smallest absolute Gasteiger partial charge is 0.232 e. The molecule has 0 aliphatic carbocycles. The minimum atomic E-state index is -3.47. The Morgan fingerprint density at radius 3 is 2.48 bits per heavy atom. The molecule has 2 rings (SSSR count). The summed E-state index contributed by atoms with van der Waals surface area (Å²) < 4.78 is 30.9. The first kappa shape index (κ1) is 22.7. The lowest BCUT2D eigenvalue weighted by atomic mass is 10.0. The van der Waals surface area contributed by atoms with Crippen molar-refractivity contribution < 1.29 is 17.9 Å². The van der Waals surface area contributed by atoms with Gasteiger partial charge in [-0.3, -0.25) is 9.10 Å². The SMILES string of the molecule is COc1cccc(N(CCCC(=O)N[C@H](C)c2ccc(C)c(C)c2)S(C)(=O)=O)c1. The van der Waals surface area contributed by atoms with Crippen molar-refractivity contribution >= 4 is 21.6 Å². The van der Waals surface area contributed by atoms with Crippen LogP contribution in [-0.2, 0) is 14.8 Å². The van der Waals surface area contributed by atoms with Gasteiger partial charge in [-0.05, 0) is 56.0 Å². The number of carbonyl (C=O) groups excluding carboxylic acids is 1. The highest BCUT2D eigenvalue weighted by molar-refractivity contribution is 7.92. The van der Waals surface area contributed by atoms with E-state index in [0.717, 1.165) is 11.8 Å². The van der Waals surface area contributed by atoms with E-state index < -0.39 is 10.0 Å². The van der Waals surface area contributed by atoms with Gasteiger partial charge in [0.25, 0.3) is 0 Å². The van der Waals surface area contributed by atoms with Crippen LogP contribution in [0.15, 0.2) is 42.5 Å². The van der Waals surface area contributed by atoms with Gasteiger partial charge in [0.1, 0.15) is 5.75 Å². The molecule has 2 aromatic carbocycles. The van der Waals surface area contributed by atoms with Crippen LogP contribution in [-0.4, -0.2) is 34.2 Å². The third-order valence-electron chi connectivity index (χ3n) is 4.92. The molecule has 0 aromatic heterocycles. The van der Waals surface area contributed by atoms with Gasteiger partial charge >= 0.3 is 0 Å². The topological polar surface area (TPSA) is 75.7 Å². The first-order valence-corrected chi connectivity index (χ1v) is 11.4. The number of sulfonamides is 1. The van der Waals surface area contributed by atoms with Crippen molar-refractivity contribution in [1.82, 2.24) is 5.32 Å². The molecular weight excluding hydrogens is 388 g/mol. The fourth-order valence-electron chi connectivity index (χ4n) is 3.07. The van der Waals surface area contributed by atoms with Crippen LogP contribution in [0.2, 0.25) is 0 Å². The number of nitrogens with zero attached hydrogens (tertiary/aromatic N) is 1. The summed E-state index contributed by atoms with van der Waals surface area (Å²) in [5.41, 5.74) is 3.97. The van der Waals surface area contributed by atoms with Crippen LogP contribution in [0.3, 0.4) is 0 Å². The Balaban J connectivity index is 1.96. The van der Waals surface area contributed by atoms with Crippen molar-refractivity contribution in [2.75, 3.05) is 24.2 Å². The minimum absolute atomic E-state index is 0.102. The Morgan fingerprint density at radius 1 is 1.14 bits per heavy atom. The van der Waals surface area contributed by atoms with E-state index >= 15 is 0 Å². The van der Waals surface area contributed by atoms with Crippen molar-refractivity contribution in [2.45, 2.75) is 39.7 Å². The maximum absolute atomic E-state index is 12.3. The number of rotatable bonds is 9. The second-order valence-electron chi connectivity index (χ2n) is 7.27. The molecule has 0 aliphatic heterocycles. The van der Waals surface area contributed by atoms with E-state index in [0.29, 0.717) is 17.9 Å². The van der Waals surface area contributed by atoms with E-state index in [-0.39, 0.29) is 24.9 Å². The van der Waals surface area contributed by atoms with Crippen molar-refractivity contribution in [1.29, 1.82) is 0 Å². The summed E-state index contributed by atoms with van der Waals surface area (Å²) in [5, 5.41) is 2.99. The highest BCUT2D eigenvalue weighted by Gasteiger charge is 2.18. The van der Waals surface area contributed by atoms with Gasteiger partial charge in [0, 0.05) is 19.0 Å². The molecule has 1 N–H and O–H groups in total. The Kier molecular flexibility index (Phi) is 7.67. The van der Waals surface area contributed by atoms with Crippen molar-refractivity contribution in [3.05, 3.63) is 59.2 Å². The zero-order valence-electron chi connectivity index (χ0n) is 17.7. The molecule has 0 saturated heterocycles. The average molecular weight is 419 g/mol. The number of nitrogens with one attached hydrogen (secondary N) is 1. The summed E-state index contributed by atoms with van der Waals surface area (Å²) in [6, 6.07) is 12.9. The van der Waals surface area contributed by atoms with Crippen LogP contribution < -0.4 is 14.4 Å². The standard InChI is InChI=1S/C22H30N2O4S/c1-16-11-12-19(14-17(16)2)18(3)23-22(25)10-7-13-24(29(5,26)27)20-8-6-9-21(15-20)28-4/h6,8-9,11-12,14-15,18H,7,10,13H2,1-5H3,(H,23,25)/t18-/m1/s1. The Morgan fingerprint density at radius 2 is 1.86 bits per heavy atom. The Hall–Kier alpha value is -2.54. The molecule has 29 heavy (non-hydrogen) atoms. The highest BCUT2D eigenvalue weighted by atomic mass is 32.2. The fourth-order valence-corrected chi connectivity index (χ4v) is 4.02. The number of aryl methyl sites for hydroxylation is 2. The van der Waals surface area contributed by atoms with Crippen molar-refractivity contribution in [3.8, 4) is 5.75 Å². The maximum Gasteiger partial charge on any atom is 0.232 e. The molecule has 0 heterocycles. The van der Waals surface area contributed by atoms with Crippen molar-refractivity contribution in [2.24, 2.45) is 0 Å². The van der Waals surface area contributed by atoms with Crippen LogP contribution in [0, 0.1) is 13.8 Å². The van der Waals surface area contributed by atoms with Gasteiger partial charge in [-0.2, -0.15) is 0 Å². The number of hydrogen-bond donors (Lipinski definition) is 1. The summed E-state index contributed by atoms with van der Waals surface area (Å²) in [6.45, 7) is 6.27. The van der Waals surface area contributed by atoms with Gasteiger partial charge in [-0.1, -0.05) is 24.3 Å². The predicted molar refractivity (Wildman–Crippen MR) is 117 cm³/mol. The van der Waals surface area contributed by atoms with E-state index in [2.05, 4.69) is 18.3 Å². The third-order valence-corrected chi connectivity index (χ3v) is 6.11. The van der Waals surface area contributed by atoms with E-state index in [9.17, 15) is 13.2 Å². The summed E-state index contributed by atoms with van der Waals surface area (Å²) in [7, 11) is -1.94. The lowest BCUT2D eigenvalue weighted by molar-refractivity contribution is -0.121. The molecule has 0 aliphatic rings. The van der Waals surface area contributed by atoms with Crippen LogP contribution in [0.25, 0.3) is 0 Å². The number of carbonyl (C=O) groups is 1. The fraction of sp³-hybridized carbons (Fsp3) is 0.409. The van der Waals surface area contributed by atoms with Gasteiger partial charge in [-0.25, -0.2) is 8.42 Å². The van der Waals surface area contributed by atoms with Crippen LogP contribution in [0.1, 0.15) is 42.5 Å². The van der Waals surface area contributed by atoms with E-state index in [1.807, 2.05) is 26.0 Å². The molecule has 0 bridgehead atoms. The first-order chi connectivity index (χ1) is 13.6. The molecule has 6 nitrogen and oxygen atoms in total. The van der Waals surface area contributed by atoms with Crippen molar-refractivity contribution in [3.63, 3.8) is 0 Å². The molecule has 0 fully saturated rings. The monoisotopic (exact) mass is 418 g/mol. The molecule has 2 aromatic rings. The average Bonchev–Trinajstić information content (AvgIpc) is 2.66. The zero-order valence-corrected chi connectivity index (χ0v) is 18.5. The quantitative estimate of drug-likeness (QED) is 0.673. The largest absolute Gasteiger partial charge is 0.497 e. The number of anilines is 1. The predicted octanol–water partition coefficient (Wildman–Crippen LogP) is 3.74. The van der Waals surface area contributed by atoms with E-state index in [1.54, 1.807) is 24.3 Å². The molecule has 0 radical (unpaired) electrons. The van der Waals surface area contributed by atoms with Crippen LogP contribution >= 0.6 is 0 Å². The number of benzene rings is 2. The molecule has 1 amide bonds. The van der Waals surface area contributed by atoms with Gasteiger partial charge in [-0.15, -0.1) is 0 Å². The molecule has 1 atom stereocenters. The van der Waals surface area contributed by atoms with Gasteiger partial charge in [0.2, 0.25) is 15.9 Å². The zero-order chi connectivity index (χ0) is 21.6. The molecular formula is C22H30N2O4S. The van der Waals surface area contributed by atoms with Gasteiger partial charge in [0.15, 0.2) is 0 Å². The van der Waals surface area contributed by atoms with Crippen LogP contribution in [0.4, 0.5) is 5.69 Å². The van der Waals surface area contributed by atoms with Crippen LogP contribution in [0.5, 0.6) is 5.75 Å². The normalized spacial score (nSPS) is 12.3. The lowest BCUT2D eigenvalue weighted by Gasteiger charge is -2.23. The molecule has 0 unspecified atom stereocenters. The Labute approximate surface area is 173 Å². The summed E-state index contributed by atoms with van der Waals surface area (Å²) >= 11 is 0. The third kappa shape index (κ3) is 6.49. The number of methoxy groups -OCH3 is 1. The van der Waals surface area contributed by atoms with E-state index in [4.69, 9.17) is 4.74 Å². The second-order valence-corrected chi connectivity index (χ2v) is 9.18. The molecule has 0 saturated carbocycles. The Bertz CT molecular complexity index is 957. The molecule has 7 heteroatoms. The number of hydrogen-bond acceptors (Lipinski definition) is 4. The first-order valence-electron chi connectivity index (χ1n) is 9.60. The number of ether oxygens (including phenoxy) is 1. The second kappa shape index (κ2) is 9.78.